The van der Waals surface area contributed by atoms with Crippen LogP contribution in [0.4, 0.5) is 5.69 Å². The van der Waals surface area contributed by atoms with Crippen LogP contribution in [0.3, 0.4) is 0 Å². The number of nitrogens with one attached hydrogen (secondary N) is 1. The maximum atomic E-state index is 12.1. The molecule has 0 spiro atoms. The van der Waals surface area contributed by atoms with Crippen LogP contribution in [0.1, 0.15) is 26.2 Å². The molecule has 0 radical (unpaired) electrons. The van der Waals surface area contributed by atoms with E-state index in [4.69, 9.17) is 10.5 Å². The van der Waals surface area contributed by atoms with Crippen molar-refractivity contribution >= 4 is 15.7 Å². The van der Waals surface area contributed by atoms with Crippen molar-refractivity contribution in [1.82, 2.24) is 4.72 Å². The quantitative estimate of drug-likeness (QED) is 0.585. The van der Waals surface area contributed by atoms with E-state index in [0.717, 1.165) is 19.3 Å². The van der Waals surface area contributed by atoms with E-state index >= 15 is 0 Å². The molecule has 0 saturated heterocycles. The van der Waals surface area contributed by atoms with Crippen molar-refractivity contribution in [3.63, 3.8) is 0 Å². The molecular weight excluding hydrogens is 252 g/mol. The molecule has 0 aliphatic carbocycles. The Kier molecular flexibility index (Phi) is 5.43. The zero-order valence-corrected chi connectivity index (χ0v) is 11.6. The molecule has 102 valence electrons. The van der Waals surface area contributed by atoms with Gasteiger partial charge in [-0.25, -0.2) is 13.1 Å². The van der Waals surface area contributed by atoms with Gasteiger partial charge in [-0.1, -0.05) is 19.8 Å². The highest BCUT2D eigenvalue weighted by molar-refractivity contribution is 7.89. The van der Waals surface area contributed by atoms with Crippen LogP contribution in [0.15, 0.2) is 23.1 Å². The molecule has 1 aromatic rings. The molecule has 0 aliphatic heterocycles. The predicted octanol–water partition coefficient (Wildman–Crippen LogP) is 1.75. The number of nitrogen functional groups attached to an aromatic ring is 1. The summed E-state index contributed by atoms with van der Waals surface area (Å²) < 4.78 is 31.7. The number of anilines is 1. The van der Waals surface area contributed by atoms with Crippen molar-refractivity contribution < 1.29 is 13.2 Å². The summed E-state index contributed by atoms with van der Waals surface area (Å²) >= 11 is 0. The van der Waals surface area contributed by atoms with E-state index in [1.54, 1.807) is 6.07 Å². The van der Waals surface area contributed by atoms with Gasteiger partial charge in [0.05, 0.1) is 7.11 Å². The largest absolute Gasteiger partial charge is 0.495 e. The number of hydrogen-bond donors (Lipinski definition) is 2. The molecule has 5 nitrogen and oxygen atoms in total. The number of benzene rings is 1. The third kappa shape index (κ3) is 3.89. The summed E-state index contributed by atoms with van der Waals surface area (Å²) in [5.41, 5.74) is 6.06. The SMILES string of the molecule is CCCCCNS(=O)(=O)c1ccc(N)cc1OC. The zero-order valence-electron chi connectivity index (χ0n) is 10.8. The second kappa shape index (κ2) is 6.61. The summed E-state index contributed by atoms with van der Waals surface area (Å²) in [4.78, 5) is 0.121. The van der Waals surface area contributed by atoms with Gasteiger partial charge < -0.3 is 10.5 Å². The van der Waals surface area contributed by atoms with Crippen molar-refractivity contribution in [2.75, 3.05) is 19.4 Å². The lowest BCUT2D eigenvalue weighted by atomic mass is 10.3. The molecule has 0 amide bonds. The topological polar surface area (TPSA) is 81.4 Å². The first-order valence-electron chi connectivity index (χ1n) is 5.94. The minimum absolute atomic E-state index is 0.121. The minimum Gasteiger partial charge on any atom is -0.495 e. The molecule has 0 heterocycles. The van der Waals surface area contributed by atoms with Gasteiger partial charge in [-0.2, -0.15) is 0 Å². The standard InChI is InChI=1S/C12H20N2O3S/c1-3-4-5-8-14-18(15,16)12-7-6-10(13)9-11(12)17-2/h6-7,9,14H,3-5,8,13H2,1-2H3. The van der Waals surface area contributed by atoms with Gasteiger partial charge in [0, 0.05) is 18.3 Å². The number of methoxy groups -OCH3 is 1. The molecule has 0 saturated carbocycles. The first-order valence-corrected chi connectivity index (χ1v) is 7.42. The average Bonchev–Trinajstić information content (AvgIpc) is 2.34. The molecule has 0 aromatic heterocycles. The average molecular weight is 272 g/mol. The Balaban J connectivity index is 2.84. The molecule has 1 rings (SSSR count). The molecular formula is C12H20N2O3S. The summed E-state index contributed by atoms with van der Waals surface area (Å²) in [5, 5.41) is 0. The molecule has 6 heteroatoms. The molecule has 0 atom stereocenters. The van der Waals surface area contributed by atoms with Crippen LogP contribution < -0.4 is 15.2 Å². The van der Waals surface area contributed by atoms with Gasteiger partial charge in [-0.3, -0.25) is 0 Å². The van der Waals surface area contributed by atoms with E-state index in [9.17, 15) is 8.42 Å². The van der Waals surface area contributed by atoms with Gasteiger partial charge in [0.25, 0.3) is 0 Å². The minimum atomic E-state index is -3.53. The second-order valence-electron chi connectivity index (χ2n) is 4.02. The summed E-state index contributed by atoms with van der Waals surface area (Å²) in [7, 11) is -2.11. The van der Waals surface area contributed by atoms with Crippen LogP contribution in [0, 0.1) is 0 Å². The van der Waals surface area contributed by atoms with Crippen molar-refractivity contribution in [2.45, 2.75) is 31.1 Å². The maximum absolute atomic E-state index is 12.1. The van der Waals surface area contributed by atoms with Gasteiger partial charge in [-0.15, -0.1) is 0 Å². The monoisotopic (exact) mass is 272 g/mol. The van der Waals surface area contributed by atoms with Gasteiger partial charge in [0.2, 0.25) is 10.0 Å². The van der Waals surface area contributed by atoms with Crippen molar-refractivity contribution in [3.05, 3.63) is 18.2 Å². The van der Waals surface area contributed by atoms with E-state index < -0.39 is 10.0 Å². The third-order valence-electron chi connectivity index (χ3n) is 2.55. The van der Waals surface area contributed by atoms with Crippen LogP contribution in [-0.2, 0) is 10.0 Å². The van der Waals surface area contributed by atoms with E-state index in [1.165, 1.54) is 19.2 Å². The lowest BCUT2D eigenvalue weighted by Crippen LogP contribution is -2.25. The highest BCUT2D eigenvalue weighted by Crippen LogP contribution is 2.25. The molecule has 0 bridgehead atoms. The molecule has 18 heavy (non-hydrogen) atoms. The summed E-state index contributed by atoms with van der Waals surface area (Å²) in [6.07, 6.45) is 2.88. The van der Waals surface area contributed by atoms with Crippen molar-refractivity contribution in [2.24, 2.45) is 0 Å². The number of hydrogen-bond acceptors (Lipinski definition) is 4. The van der Waals surface area contributed by atoms with E-state index in [-0.39, 0.29) is 10.6 Å². The Morgan fingerprint density at radius 3 is 2.67 bits per heavy atom. The van der Waals surface area contributed by atoms with Crippen molar-refractivity contribution in [1.29, 1.82) is 0 Å². The first-order chi connectivity index (χ1) is 8.51. The van der Waals surface area contributed by atoms with Crippen LogP contribution in [0.25, 0.3) is 0 Å². The molecule has 3 N–H and O–H groups in total. The van der Waals surface area contributed by atoms with E-state index in [1.807, 2.05) is 0 Å². The highest BCUT2D eigenvalue weighted by atomic mass is 32.2. The maximum Gasteiger partial charge on any atom is 0.244 e. The lowest BCUT2D eigenvalue weighted by molar-refractivity contribution is 0.402. The lowest BCUT2D eigenvalue weighted by Gasteiger charge is -2.11. The smallest absolute Gasteiger partial charge is 0.244 e. The van der Waals surface area contributed by atoms with Crippen LogP contribution >= 0.6 is 0 Å². The number of unbranched alkanes of at least 4 members (excludes halogenated alkanes) is 2. The fraction of sp³-hybridized carbons (Fsp3) is 0.500. The van der Waals surface area contributed by atoms with Gasteiger partial charge in [0.15, 0.2) is 0 Å². The van der Waals surface area contributed by atoms with Crippen molar-refractivity contribution in [3.8, 4) is 5.75 Å². The number of nitrogens with two attached hydrogens (primary N) is 1. The van der Waals surface area contributed by atoms with Crippen LogP contribution in [-0.4, -0.2) is 22.1 Å². The third-order valence-corrected chi connectivity index (χ3v) is 4.05. The number of sulfonamides is 1. The number of rotatable bonds is 7. The Bertz CT molecular complexity index is 486. The second-order valence-corrected chi connectivity index (χ2v) is 5.75. The number of ether oxygens (including phenoxy) is 1. The molecule has 0 unspecified atom stereocenters. The summed E-state index contributed by atoms with van der Waals surface area (Å²) in [6, 6.07) is 4.50. The van der Waals surface area contributed by atoms with Gasteiger partial charge in [-0.05, 0) is 18.6 Å². The zero-order chi connectivity index (χ0) is 13.6. The Labute approximate surface area is 108 Å². The highest BCUT2D eigenvalue weighted by Gasteiger charge is 2.18. The normalized spacial score (nSPS) is 11.4. The molecule has 1 aromatic carbocycles. The van der Waals surface area contributed by atoms with Crippen LogP contribution in [0.5, 0.6) is 5.75 Å². The summed E-state index contributed by atoms with van der Waals surface area (Å²) in [6.45, 7) is 2.50. The molecule has 0 fully saturated rings. The van der Waals surface area contributed by atoms with Crippen LogP contribution in [0.2, 0.25) is 0 Å². The fourth-order valence-corrected chi connectivity index (χ4v) is 2.79. The van der Waals surface area contributed by atoms with Gasteiger partial charge >= 0.3 is 0 Å². The predicted molar refractivity (Wildman–Crippen MR) is 72.1 cm³/mol. The van der Waals surface area contributed by atoms with E-state index in [2.05, 4.69) is 11.6 Å². The summed E-state index contributed by atoms with van der Waals surface area (Å²) in [5.74, 6) is 0.262. The Hall–Kier alpha value is -1.27. The Morgan fingerprint density at radius 1 is 1.33 bits per heavy atom. The Morgan fingerprint density at radius 2 is 2.06 bits per heavy atom. The van der Waals surface area contributed by atoms with E-state index in [0.29, 0.717) is 12.2 Å². The molecule has 0 aliphatic rings. The van der Waals surface area contributed by atoms with Gasteiger partial charge in [0.1, 0.15) is 10.6 Å². The first kappa shape index (κ1) is 14.8. The fourth-order valence-electron chi connectivity index (χ4n) is 1.57.